The van der Waals surface area contributed by atoms with E-state index in [1.165, 1.54) is 0 Å². The molecule has 0 radical (unpaired) electrons. The van der Waals surface area contributed by atoms with Crippen molar-refractivity contribution in [1.82, 2.24) is 5.32 Å². The molecule has 0 unspecified atom stereocenters. The smallest absolute Gasteiger partial charge is 0.0991 e. The van der Waals surface area contributed by atoms with Crippen molar-refractivity contribution >= 4 is 22.9 Å². The van der Waals surface area contributed by atoms with Crippen LogP contribution < -0.4 is 5.32 Å². The van der Waals surface area contributed by atoms with E-state index in [4.69, 9.17) is 16.9 Å². The van der Waals surface area contributed by atoms with Crippen molar-refractivity contribution in [1.29, 1.82) is 5.26 Å². The Labute approximate surface area is 109 Å². The molecule has 0 bridgehead atoms. The summed E-state index contributed by atoms with van der Waals surface area (Å²) in [7, 11) is 0. The highest BCUT2D eigenvalue weighted by molar-refractivity contribution is 7.10. The fourth-order valence-corrected chi connectivity index (χ4v) is 2.59. The Kier molecular flexibility index (Phi) is 4.16. The molecule has 1 heterocycles. The second-order valence-electron chi connectivity index (χ2n) is 3.61. The molecule has 2 nitrogen and oxygen atoms in total. The summed E-state index contributed by atoms with van der Waals surface area (Å²) in [5.41, 5.74) is 1.80. The zero-order valence-electron chi connectivity index (χ0n) is 9.11. The number of hydrogen-bond donors (Lipinski definition) is 1. The molecule has 0 spiro atoms. The van der Waals surface area contributed by atoms with Gasteiger partial charge in [-0.2, -0.15) is 5.26 Å². The van der Waals surface area contributed by atoms with Gasteiger partial charge < -0.3 is 5.32 Å². The number of nitriles is 1. The molecule has 0 fully saturated rings. The van der Waals surface area contributed by atoms with Gasteiger partial charge in [0, 0.05) is 18.0 Å². The van der Waals surface area contributed by atoms with Crippen LogP contribution in [0.4, 0.5) is 0 Å². The first-order valence-corrected chi connectivity index (χ1v) is 6.47. The van der Waals surface area contributed by atoms with Crippen LogP contribution in [0.25, 0.3) is 0 Å². The number of thiophene rings is 1. The number of halogens is 1. The maximum Gasteiger partial charge on any atom is 0.0991 e. The molecule has 0 saturated heterocycles. The van der Waals surface area contributed by atoms with Gasteiger partial charge in [0.1, 0.15) is 0 Å². The van der Waals surface area contributed by atoms with Crippen LogP contribution in [0.3, 0.4) is 0 Å². The van der Waals surface area contributed by atoms with E-state index >= 15 is 0 Å². The fraction of sp³-hybridized carbons (Fsp3) is 0.154. The van der Waals surface area contributed by atoms with Crippen LogP contribution in [0.1, 0.15) is 16.0 Å². The van der Waals surface area contributed by atoms with Gasteiger partial charge in [0.05, 0.1) is 16.7 Å². The van der Waals surface area contributed by atoms with Crippen molar-refractivity contribution in [2.45, 2.75) is 13.1 Å². The van der Waals surface area contributed by atoms with E-state index in [1.54, 1.807) is 17.4 Å². The molecule has 2 aromatic rings. The number of hydrogen-bond acceptors (Lipinski definition) is 3. The van der Waals surface area contributed by atoms with Crippen LogP contribution in [0.15, 0.2) is 35.7 Å². The SMILES string of the molecule is N#Cc1cccc(CNCc2sccc2Cl)c1. The average Bonchev–Trinajstić information content (AvgIpc) is 2.76. The minimum atomic E-state index is 0.693. The molecular formula is C13H11ClN2S. The molecule has 0 atom stereocenters. The molecular weight excluding hydrogens is 252 g/mol. The third-order valence-electron chi connectivity index (χ3n) is 2.36. The van der Waals surface area contributed by atoms with Gasteiger partial charge in [-0.05, 0) is 29.1 Å². The number of rotatable bonds is 4. The first-order valence-electron chi connectivity index (χ1n) is 5.21. The first-order chi connectivity index (χ1) is 8.29. The molecule has 1 aromatic heterocycles. The molecule has 4 heteroatoms. The van der Waals surface area contributed by atoms with E-state index in [9.17, 15) is 0 Å². The van der Waals surface area contributed by atoms with E-state index < -0.39 is 0 Å². The minimum Gasteiger partial charge on any atom is -0.308 e. The van der Waals surface area contributed by atoms with Gasteiger partial charge in [-0.15, -0.1) is 11.3 Å². The zero-order valence-corrected chi connectivity index (χ0v) is 10.7. The summed E-state index contributed by atoms with van der Waals surface area (Å²) >= 11 is 7.64. The standard InChI is InChI=1S/C13H11ClN2S/c14-12-4-5-17-13(12)9-16-8-11-3-1-2-10(6-11)7-15/h1-6,16H,8-9H2. The third-order valence-corrected chi connectivity index (χ3v) is 3.75. The molecule has 1 aromatic carbocycles. The lowest BCUT2D eigenvalue weighted by molar-refractivity contribution is 0.701. The Balaban J connectivity index is 1.90. The van der Waals surface area contributed by atoms with Gasteiger partial charge >= 0.3 is 0 Å². The lowest BCUT2D eigenvalue weighted by Crippen LogP contribution is -2.11. The summed E-state index contributed by atoms with van der Waals surface area (Å²) in [6.07, 6.45) is 0. The van der Waals surface area contributed by atoms with E-state index in [-0.39, 0.29) is 0 Å². The lowest BCUT2D eigenvalue weighted by Gasteiger charge is -2.04. The Morgan fingerprint density at radius 2 is 2.18 bits per heavy atom. The predicted octanol–water partition coefficient (Wildman–Crippen LogP) is 3.56. The molecule has 0 aliphatic rings. The molecule has 86 valence electrons. The van der Waals surface area contributed by atoms with Crippen molar-refractivity contribution in [3.8, 4) is 6.07 Å². The maximum absolute atomic E-state index is 8.79. The highest BCUT2D eigenvalue weighted by Gasteiger charge is 2.01. The van der Waals surface area contributed by atoms with Crippen molar-refractivity contribution in [3.63, 3.8) is 0 Å². The predicted molar refractivity (Wildman–Crippen MR) is 71.0 cm³/mol. The summed E-state index contributed by atoms with van der Waals surface area (Å²) in [5, 5.41) is 14.9. The van der Waals surface area contributed by atoms with Crippen molar-refractivity contribution in [2.24, 2.45) is 0 Å². The molecule has 2 rings (SSSR count). The van der Waals surface area contributed by atoms with E-state index in [1.807, 2.05) is 29.6 Å². The van der Waals surface area contributed by atoms with Gasteiger partial charge in [0.25, 0.3) is 0 Å². The summed E-state index contributed by atoms with van der Waals surface area (Å²) in [5.74, 6) is 0. The summed E-state index contributed by atoms with van der Waals surface area (Å²) in [6, 6.07) is 11.6. The van der Waals surface area contributed by atoms with Crippen LogP contribution in [0.5, 0.6) is 0 Å². The van der Waals surface area contributed by atoms with Gasteiger partial charge in [-0.3, -0.25) is 0 Å². The van der Waals surface area contributed by atoms with Crippen molar-refractivity contribution < 1.29 is 0 Å². The van der Waals surface area contributed by atoms with Crippen LogP contribution in [-0.4, -0.2) is 0 Å². The highest BCUT2D eigenvalue weighted by atomic mass is 35.5. The number of nitrogens with one attached hydrogen (secondary N) is 1. The fourth-order valence-electron chi connectivity index (χ4n) is 1.52. The Morgan fingerprint density at radius 3 is 2.88 bits per heavy atom. The lowest BCUT2D eigenvalue weighted by atomic mass is 10.1. The largest absolute Gasteiger partial charge is 0.308 e. The number of nitrogens with zero attached hydrogens (tertiary/aromatic N) is 1. The summed E-state index contributed by atoms with van der Waals surface area (Å²) < 4.78 is 0. The average molecular weight is 263 g/mol. The maximum atomic E-state index is 8.79. The quantitative estimate of drug-likeness (QED) is 0.915. The Hall–Kier alpha value is -1.34. The van der Waals surface area contributed by atoms with Gasteiger partial charge in [0.15, 0.2) is 0 Å². The molecule has 0 amide bonds. The highest BCUT2D eigenvalue weighted by Crippen LogP contribution is 2.21. The monoisotopic (exact) mass is 262 g/mol. The Bertz CT molecular complexity index is 542. The van der Waals surface area contributed by atoms with Crippen LogP contribution in [0, 0.1) is 11.3 Å². The van der Waals surface area contributed by atoms with Crippen LogP contribution in [-0.2, 0) is 13.1 Å². The van der Waals surface area contributed by atoms with Crippen molar-refractivity contribution in [3.05, 3.63) is 56.7 Å². The zero-order chi connectivity index (χ0) is 12.1. The van der Waals surface area contributed by atoms with E-state index in [0.717, 1.165) is 28.6 Å². The molecule has 17 heavy (non-hydrogen) atoms. The minimum absolute atomic E-state index is 0.693. The normalized spacial score (nSPS) is 10.1. The second-order valence-corrected chi connectivity index (χ2v) is 5.02. The second kappa shape index (κ2) is 5.83. The summed E-state index contributed by atoms with van der Waals surface area (Å²) in [6.45, 7) is 1.50. The third kappa shape index (κ3) is 3.31. The van der Waals surface area contributed by atoms with E-state index in [2.05, 4.69) is 11.4 Å². The van der Waals surface area contributed by atoms with Crippen LogP contribution >= 0.6 is 22.9 Å². The molecule has 1 N–H and O–H groups in total. The van der Waals surface area contributed by atoms with Crippen LogP contribution in [0.2, 0.25) is 5.02 Å². The van der Waals surface area contributed by atoms with Gasteiger partial charge in [0.2, 0.25) is 0 Å². The van der Waals surface area contributed by atoms with E-state index in [0.29, 0.717) is 5.56 Å². The van der Waals surface area contributed by atoms with Gasteiger partial charge in [-0.25, -0.2) is 0 Å². The first kappa shape index (κ1) is 12.1. The van der Waals surface area contributed by atoms with Gasteiger partial charge in [-0.1, -0.05) is 23.7 Å². The summed E-state index contributed by atoms with van der Waals surface area (Å²) in [4.78, 5) is 1.14. The topological polar surface area (TPSA) is 35.8 Å². The van der Waals surface area contributed by atoms with Crippen molar-refractivity contribution in [2.75, 3.05) is 0 Å². The number of benzene rings is 1. The molecule has 0 aliphatic carbocycles. The molecule has 0 aliphatic heterocycles. The molecule has 0 saturated carbocycles. The Morgan fingerprint density at radius 1 is 1.29 bits per heavy atom.